The van der Waals surface area contributed by atoms with Crippen molar-refractivity contribution in [3.63, 3.8) is 0 Å². The number of hydrogen-bond acceptors (Lipinski definition) is 4. The third-order valence-electron chi connectivity index (χ3n) is 3.00. The quantitative estimate of drug-likeness (QED) is 0.888. The first kappa shape index (κ1) is 13.8. The number of carboxylic acids is 1. The summed E-state index contributed by atoms with van der Waals surface area (Å²) in [5, 5.41) is 15.3. The lowest BCUT2D eigenvalue weighted by atomic mass is 10.1. The molecule has 2 N–H and O–H groups in total. The lowest BCUT2D eigenvalue weighted by Crippen LogP contribution is -2.23. The molecule has 0 unspecified atom stereocenters. The van der Waals surface area contributed by atoms with E-state index in [-0.39, 0.29) is 11.5 Å². The maximum Gasteiger partial charge on any atom is 0.335 e. The number of carboxylic acid groups (broad SMARTS) is 1. The summed E-state index contributed by atoms with van der Waals surface area (Å²) in [5.41, 5.74) is 2.14. The van der Waals surface area contributed by atoms with Crippen molar-refractivity contribution in [3.8, 4) is 0 Å². The van der Waals surface area contributed by atoms with Crippen molar-refractivity contribution in [1.82, 2.24) is 10.5 Å². The fourth-order valence-corrected chi connectivity index (χ4v) is 1.79. The molecule has 0 atom stereocenters. The monoisotopic (exact) mass is 274 g/mol. The van der Waals surface area contributed by atoms with Gasteiger partial charge in [-0.05, 0) is 38.1 Å². The largest absolute Gasteiger partial charge is 0.478 e. The molecule has 20 heavy (non-hydrogen) atoms. The van der Waals surface area contributed by atoms with Crippen molar-refractivity contribution in [3.05, 3.63) is 52.4 Å². The number of aromatic carboxylic acids is 1. The maximum atomic E-state index is 11.9. The molecule has 1 amide bonds. The van der Waals surface area contributed by atoms with Gasteiger partial charge in [-0.15, -0.1) is 0 Å². The smallest absolute Gasteiger partial charge is 0.335 e. The Morgan fingerprint density at radius 1 is 1.20 bits per heavy atom. The summed E-state index contributed by atoms with van der Waals surface area (Å²) in [4.78, 5) is 22.7. The number of nitrogens with zero attached hydrogens (tertiary/aromatic N) is 1. The van der Waals surface area contributed by atoms with Gasteiger partial charge in [-0.2, -0.15) is 0 Å². The molecule has 1 aromatic heterocycles. The van der Waals surface area contributed by atoms with Crippen molar-refractivity contribution >= 4 is 11.9 Å². The maximum absolute atomic E-state index is 11.9. The predicted molar refractivity (Wildman–Crippen MR) is 70.5 cm³/mol. The van der Waals surface area contributed by atoms with Crippen LogP contribution >= 0.6 is 0 Å². The number of hydrogen-bond donors (Lipinski definition) is 2. The molecule has 2 rings (SSSR count). The van der Waals surface area contributed by atoms with Crippen molar-refractivity contribution in [2.75, 3.05) is 0 Å². The Hall–Kier alpha value is -2.63. The van der Waals surface area contributed by atoms with Gasteiger partial charge in [-0.3, -0.25) is 4.79 Å². The number of nitrogens with one attached hydrogen (secondary N) is 1. The van der Waals surface area contributed by atoms with E-state index in [1.54, 1.807) is 13.8 Å². The van der Waals surface area contributed by atoms with Crippen molar-refractivity contribution < 1.29 is 19.2 Å². The van der Waals surface area contributed by atoms with Gasteiger partial charge in [0.25, 0.3) is 5.91 Å². The molecule has 6 heteroatoms. The number of carbonyl (C=O) groups excluding carboxylic acids is 1. The molecule has 0 saturated carbocycles. The summed E-state index contributed by atoms with van der Waals surface area (Å²) < 4.78 is 5.01. The van der Waals surface area contributed by atoms with Gasteiger partial charge in [0.05, 0.1) is 11.3 Å². The Bertz CT molecular complexity index is 624. The van der Waals surface area contributed by atoms with Crippen LogP contribution in [-0.4, -0.2) is 22.1 Å². The normalized spacial score (nSPS) is 10.3. The van der Waals surface area contributed by atoms with Gasteiger partial charge in [0.15, 0.2) is 0 Å². The zero-order valence-corrected chi connectivity index (χ0v) is 11.1. The van der Waals surface area contributed by atoms with Gasteiger partial charge in [0.2, 0.25) is 0 Å². The van der Waals surface area contributed by atoms with Crippen LogP contribution < -0.4 is 5.32 Å². The van der Waals surface area contributed by atoms with Gasteiger partial charge in [0, 0.05) is 17.7 Å². The van der Waals surface area contributed by atoms with Crippen LogP contribution in [0.3, 0.4) is 0 Å². The highest BCUT2D eigenvalue weighted by Gasteiger charge is 2.12. The van der Waals surface area contributed by atoms with Crippen molar-refractivity contribution in [2.24, 2.45) is 0 Å². The molecule has 0 aliphatic heterocycles. The fraction of sp³-hybridized carbons (Fsp3) is 0.214. The molecule has 0 aliphatic rings. The van der Waals surface area contributed by atoms with E-state index >= 15 is 0 Å². The Kier molecular flexibility index (Phi) is 3.84. The van der Waals surface area contributed by atoms with Crippen LogP contribution in [0.15, 0.2) is 28.8 Å². The molecule has 1 heterocycles. The molecule has 1 aromatic carbocycles. The minimum Gasteiger partial charge on any atom is -0.478 e. The average Bonchev–Trinajstić information content (AvgIpc) is 2.75. The van der Waals surface area contributed by atoms with Crippen LogP contribution in [0.25, 0.3) is 0 Å². The summed E-state index contributed by atoms with van der Waals surface area (Å²) in [5.74, 6) is -0.626. The van der Waals surface area contributed by atoms with E-state index < -0.39 is 5.97 Å². The molecule has 2 aromatic rings. The van der Waals surface area contributed by atoms with E-state index in [4.69, 9.17) is 9.63 Å². The molecule has 0 saturated heterocycles. The third-order valence-corrected chi connectivity index (χ3v) is 3.00. The molecular formula is C14H14N2O4. The standard InChI is InChI=1S/C14H14N2O4/c1-8-12(9(2)20-16-8)7-15-13(17)10-3-5-11(6-4-10)14(18)19/h3-6H,7H2,1-2H3,(H,15,17)(H,18,19). The summed E-state index contributed by atoms with van der Waals surface area (Å²) in [6.45, 7) is 3.91. The Morgan fingerprint density at radius 3 is 2.30 bits per heavy atom. The number of amides is 1. The van der Waals surface area contributed by atoms with Gasteiger partial charge >= 0.3 is 5.97 Å². The minimum atomic E-state index is -1.02. The fourth-order valence-electron chi connectivity index (χ4n) is 1.79. The molecular weight excluding hydrogens is 260 g/mol. The van der Waals surface area contributed by atoms with Crippen LogP contribution in [0.2, 0.25) is 0 Å². The van der Waals surface area contributed by atoms with Gasteiger partial charge in [-0.1, -0.05) is 5.16 Å². The SMILES string of the molecule is Cc1noc(C)c1CNC(=O)c1ccc(C(=O)O)cc1. The highest BCUT2D eigenvalue weighted by atomic mass is 16.5. The molecule has 0 fully saturated rings. The van der Waals surface area contributed by atoms with Gasteiger partial charge in [-0.25, -0.2) is 4.79 Å². The number of rotatable bonds is 4. The molecule has 0 bridgehead atoms. The molecule has 0 aliphatic carbocycles. The van der Waals surface area contributed by atoms with Crippen LogP contribution in [-0.2, 0) is 6.54 Å². The lowest BCUT2D eigenvalue weighted by molar-refractivity contribution is 0.0696. The number of aromatic nitrogens is 1. The Labute approximate surface area is 115 Å². The van der Waals surface area contributed by atoms with E-state index in [1.165, 1.54) is 24.3 Å². The molecule has 0 spiro atoms. The predicted octanol–water partition coefficient (Wildman–Crippen LogP) is 1.92. The van der Waals surface area contributed by atoms with E-state index in [0.717, 1.165) is 11.3 Å². The number of carbonyl (C=O) groups is 2. The highest BCUT2D eigenvalue weighted by molar-refractivity contribution is 5.95. The average molecular weight is 274 g/mol. The van der Waals surface area contributed by atoms with Gasteiger partial charge < -0.3 is 14.9 Å². The lowest BCUT2D eigenvalue weighted by Gasteiger charge is -2.05. The highest BCUT2D eigenvalue weighted by Crippen LogP contribution is 2.12. The molecule has 0 radical (unpaired) electrons. The van der Waals surface area contributed by atoms with Crippen molar-refractivity contribution in [2.45, 2.75) is 20.4 Å². The molecule has 6 nitrogen and oxygen atoms in total. The molecule has 104 valence electrons. The zero-order chi connectivity index (χ0) is 14.7. The minimum absolute atomic E-state index is 0.146. The van der Waals surface area contributed by atoms with Crippen LogP contribution in [0, 0.1) is 13.8 Å². The first-order valence-electron chi connectivity index (χ1n) is 6.02. The summed E-state index contributed by atoms with van der Waals surface area (Å²) in [6.07, 6.45) is 0. The number of aryl methyl sites for hydroxylation is 2. The van der Waals surface area contributed by atoms with Crippen LogP contribution in [0.5, 0.6) is 0 Å². The van der Waals surface area contributed by atoms with E-state index in [1.807, 2.05) is 0 Å². The Morgan fingerprint density at radius 2 is 1.80 bits per heavy atom. The second-order valence-electron chi connectivity index (χ2n) is 4.37. The van der Waals surface area contributed by atoms with Crippen LogP contribution in [0.4, 0.5) is 0 Å². The van der Waals surface area contributed by atoms with Gasteiger partial charge in [0.1, 0.15) is 5.76 Å². The first-order valence-corrected chi connectivity index (χ1v) is 6.02. The second kappa shape index (κ2) is 5.56. The van der Waals surface area contributed by atoms with E-state index in [9.17, 15) is 9.59 Å². The summed E-state index contributed by atoms with van der Waals surface area (Å²) >= 11 is 0. The first-order chi connectivity index (χ1) is 9.49. The van der Waals surface area contributed by atoms with E-state index in [2.05, 4.69) is 10.5 Å². The number of benzene rings is 1. The topological polar surface area (TPSA) is 92.4 Å². The third kappa shape index (κ3) is 2.85. The Balaban J connectivity index is 2.03. The van der Waals surface area contributed by atoms with Crippen molar-refractivity contribution in [1.29, 1.82) is 0 Å². The second-order valence-corrected chi connectivity index (χ2v) is 4.37. The summed E-state index contributed by atoms with van der Waals surface area (Å²) in [7, 11) is 0. The van der Waals surface area contributed by atoms with E-state index in [0.29, 0.717) is 17.9 Å². The van der Waals surface area contributed by atoms with Crippen LogP contribution in [0.1, 0.15) is 37.7 Å². The zero-order valence-electron chi connectivity index (χ0n) is 11.1. The summed E-state index contributed by atoms with van der Waals surface area (Å²) in [6, 6.07) is 5.75.